The summed E-state index contributed by atoms with van der Waals surface area (Å²) in [7, 11) is 1.58. The summed E-state index contributed by atoms with van der Waals surface area (Å²) in [5.41, 5.74) is 2.56. The number of rotatable bonds is 10. The molecule has 0 radical (unpaired) electrons. The number of carboxylic acid groups (broad SMARTS) is 1. The molecule has 174 valence electrons. The van der Waals surface area contributed by atoms with Crippen LogP contribution in [0.4, 0.5) is 5.69 Å². The van der Waals surface area contributed by atoms with Gasteiger partial charge in [-0.3, -0.25) is 0 Å². The number of thioether (sulfide) groups is 1. The average Bonchev–Trinajstić information content (AvgIpc) is 3.23. The molecule has 0 bridgehead atoms. The Morgan fingerprint density at radius 3 is 2.42 bits per heavy atom. The zero-order chi connectivity index (χ0) is 24.0. The number of carbonyl (C=O) groups is 1. The van der Waals surface area contributed by atoms with Crippen LogP contribution in [-0.2, 0) is 11.3 Å². The zero-order valence-electron chi connectivity index (χ0n) is 19.1. The second-order valence-corrected chi connectivity index (χ2v) is 8.52. The molecule has 1 aromatic heterocycles. The van der Waals surface area contributed by atoms with Crippen molar-refractivity contribution in [1.29, 1.82) is 0 Å². The molecule has 0 spiro atoms. The van der Waals surface area contributed by atoms with Crippen molar-refractivity contribution >= 4 is 41.1 Å². The van der Waals surface area contributed by atoms with Crippen LogP contribution in [0.1, 0.15) is 26.3 Å². The quantitative estimate of drug-likeness (QED) is 0.291. The van der Waals surface area contributed by atoms with E-state index in [9.17, 15) is 9.90 Å². The van der Waals surface area contributed by atoms with E-state index in [1.165, 1.54) is 0 Å². The van der Waals surface area contributed by atoms with Crippen LogP contribution in [0, 0.1) is 0 Å². The molecule has 0 atom stereocenters. The van der Waals surface area contributed by atoms with Crippen molar-refractivity contribution in [2.24, 2.45) is 0 Å². The molecule has 1 heterocycles. The van der Waals surface area contributed by atoms with Gasteiger partial charge in [0, 0.05) is 47.5 Å². The molecule has 9 heteroatoms. The smallest absolute Gasteiger partial charge is 0.342 e. The number of hydrogen-bond donors (Lipinski definition) is 1. The largest absolute Gasteiger partial charge is 0.496 e. The first kappa shape index (κ1) is 24.7. The minimum atomic E-state index is -1.05. The molecule has 2 aromatic carbocycles. The fourth-order valence-corrected chi connectivity index (χ4v) is 4.44. The first-order chi connectivity index (χ1) is 15.9. The molecule has 0 fully saturated rings. The monoisotopic (exact) mass is 486 g/mol. The number of halogens is 1. The lowest BCUT2D eigenvalue weighted by atomic mass is 10.1. The second-order valence-electron chi connectivity index (χ2n) is 7.07. The van der Waals surface area contributed by atoms with Crippen LogP contribution in [0.2, 0.25) is 5.02 Å². The number of hydrogen-bond acceptors (Lipinski definition) is 6. The summed E-state index contributed by atoms with van der Waals surface area (Å²) >= 11 is 7.05. The maximum Gasteiger partial charge on any atom is 0.342 e. The van der Waals surface area contributed by atoms with Gasteiger partial charge in [-0.1, -0.05) is 11.6 Å². The van der Waals surface area contributed by atoms with Gasteiger partial charge >= 0.3 is 5.97 Å². The van der Waals surface area contributed by atoms with E-state index in [0.29, 0.717) is 33.9 Å². The molecule has 0 aliphatic carbocycles. The maximum atomic E-state index is 12.1. The minimum Gasteiger partial charge on any atom is -0.496 e. The number of nitrogens with zero attached hydrogens (tertiary/aromatic N) is 4. The predicted molar refractivity (Wildman–Crippen MR) is 134 cm³/mol. The molecule has 0 amide bonds. The van der Waals surface area contributed by atoms with Crippen LogP contribution in [-0.4, -0.2) is 46.0 Å². The summed E-state index contributed by atoms with van der Waals surface area (Å²) in [6.07, 6.45) is 1.61. The Balaban J connectivity index is 1.96. The van der Waals surface area contributed by atoms with E-state index in [0.717, 1.165) is 36.1 Å². The van der Waals surface area contributed by atoms with Gasteiger partial charge in [0.2, 0.25) is 0 Å². The van der Waals surface area contributed by atoms with Gasteiger partial charge in [0.15, 0.2) is 11.0 Å². The number of methoxy groups -OCH3 is 1. The molecule has 33 heavy (non-hydrogen) atoms. The van der Waals surface area contributed by atoms with E-state index in [-0.39, 0.29) is 4.91 Å². The SMILES string of the molecule is CCN(CC)c1ccc(/C=C(\Sc2nnc(-c3ccc(Cl)cc3)n2CC)C(=O)O)c(OC)c1. The number of aliphatic carboxylic acids is 1. The molecule has 7 nitrogen and oxygen atoms in total. The number of anilines is 1. The fraction of sp³-hybridized carbons (Fsp3) is 0.292. The highest BCUT2D eigenvalue weighted by Gasteiger charge is 2.19. The van der Waals surface area contributed by atoms with Crippen LogP contribution < -0.4 is 9.64 Å². The van der Waals surface area contributed by atoms with Gasteiger partial charge in [-0.25, -0.2) is 4.79 Å². The Bertz CT molecular complexity index is 1140. The van der Waals surface area contributed by atoms with E-state index in [2.05, 4.69) is 28.9 Å². The van der Waals surface area contributed by atoms with E-state index >= 15 is 0 Å². The molecule has 0 saturated carbocycles. The molecule has 3 rings (SSSR count). The normalized spacial score (nSPS) is 11.5. The standard InChI is InChI=1S/C24H27ClN4O3S/c1-5-28(6-2)19-13-10-17(20(15-19)32-4)14-21(23(30)31)33-24-27-26-22(29(24)7-3)16-8-11-18(25)12-9-16/h8-15H,5-7H2,1-4H3,(H,30,31)/b21-14-. The van der Waals surface area contributed by atoms with Crippen molar-refractivity contribution in [2.75, 3.05) is 25.1 Å². The van der Waals surface area contributed by atoms with Crippen LogP contribution in [0.15, 0.2) is 52.5 Å². The molecule has 0 saturated heterocycles. The number of benzene rings is 2. The molecule has 1 N–H and O–H groups in total. The Morgan fingerprint density at radius 2 is 1.85 bits per heavy atom. The van der Waals surface area contributed by atoms with Crippen molar-refractivity contribution in [3.63, 3.8) is 0 Å². The lowest BCUT2D eigenvalue weighted by molar-refractivity contribution is -0.131. The third-order valence-corrected chi connectivity index (χ3v) is 6.43. The Kier molecular flexibility index (Phi) is 8.41. The van der Waals surface area contributed by atoms with Gasteiger partial charge in [0.05, 0.1) is 7.11 Å². The molecule has 0 aliphatic heterocycles. The summed E-state index contributed by atoms with van der Waals surface area (Å²) < 4.78 is 7.44. The third-order valence-electron chi connectivity index (χ3n) is 5.18. The molecule has 3 aromatic rings. The third kappa shape index (κ3) is 5.69. The predicted octanol–water partition coefficient (Wildman–Crippen LogP) is 5.69. The first-order valence-electron chi connectivity index (χ1n) is 10.7. The highest BCUT2D eigenvalue weighted by atomic mass is 35.5. The molecule has 0 unspecified atom stereocenters. The Morgan fingerprint density at radius 1 is 1.15 bits per heavy atom. The van der Waals surface area contributed by atoms with E-state index in [1.807, 2.05) is 41.8 Å². The second kappa shape index (κ2) is 11.2. The first-order valence-corrected chi connectivity index (χ1v) is 11.9. The molecular formula is C24H27ClN4O3S. The van der Waals surface area contributed by atoms with Crippen molar-refractivity contribution < 1.29 is 14.6 Å². The summed E-state index contributed by atoms with van der Waals surface area (Å²) in [6.45, 7) is 8.46. The van der Waals surface area contributed by atoms with Gasteiger partial charge in [-0.05, 0) is 75.0 Å². The van der Waals surface area contributed by atoms with Gasteiger partial charge in [0.25, 0.3) is 0 Å². The van der Waals surface area contributed by atoms with Crippen LogP contribution in [0.3, 0.4) is 0 Å². The van der Waals surface area contributed by atoms with Gasteiger partial charge in [-0.2, -0.15) is 0 Å². The van der Waals surface area contributed by atoms with Crippen molar-refractivity contribution in [1.82, 2.24) is 14.8 Å². The summed E-state index contributed by atoms with van der Waals surface area (Å²) in [5, 5.41) is 19.6. The van der Waals surface area contributed by atoms with Crippen LogP contribution in [0.5, 0.6) is 5.75 Å². The highest BCUT2D eigenvalue weighted by molar-refractivity contribution is 8.04. The fourth-order valence-electron chi connectivity index (χ4n) is 3.44. The summed E-state index contributed by atoms with van der Waals surface area (Å²) in [5.74, 6) is 0.216. The van der Waals surface area contributed by atoms with Crippen LogP contribution >= 0.6 is 23.4 Å². The van der Waals surface area contributed by atoms with E-state index < -0.39 is 5.97 Å². The highest BCUT2D eigenvalue weighted by Crippen LogP contribution is 2.33. The summed E-state index contributed by atoms with van der Waals surface area (Å²) in [4.78, 5) is 14.4. The van der Waals surface area contributed by atoms with Gasteiger partial charge < -0.3 is 19.3 Å². The lowest BCUT2D eigenvalue weighted by Crippen LogP contribution is -2.21. The number of ether oxygens (including phenoxy) is 1. The van der Waals surface area contributed by atoms with Crippen molar-refractivity contribution in [3.05, 3.63) is 58.0 Å². The number of carboxylic acids is 1. The zero-order valence-corrected chi connectivity index (χ0v) is 20.7. The molecular weight excluding hydrogens is 460 g/mol. The topological polar surface area (TPSA) is 80.5 Å². The lowest BCUT2D eigenvalue weighted by Gasteiger charge is -2.22. The van der Waals surface area contributed by atoms with Gasteiger partial charge in [0.1, 0.15) is 10.7 Å². The van der Waals surface area contributed by atoms with Crippen LogP contribution in [0.25, 0.3) is 17.5 Å². The Labute approximate surface area is 203 Å². The van der Waals surface area contributed by atoms with Crippen molar-refractivity contribution in [3.8, 4) is 17.1 Å². The minimum absolute atomic E-state index is 0.119. The van der Waals surface area contributed by atoms with E-state index in [4.69, 9.17) is 16.3 Å². The Hall–Kier alpha value is -2.97. The van der Waals surface area contributed by atoms with Gasteiger partial charge in [-0.15, -0.1) is 10.2 Å². The maximum absolute atomic E-state index is 12.1. The summed E-state index contributed by atoms with van der Waals surface area (Å²) in [6, 6.07) is 13.1. The number of aromatic nitrogens is 3. The average molecular weight is 487 g/mol. The van der Waals surface area contributed by atoms with Crippen molar-refractivity contribution in [2.45, 2.75) is 32.5 Å². The van der Waals surface area contributed by atoms with E-state index in [1.54, 1.807) is 25.3 Å². The molecule has 0 aliphatic rings.